The quantitative estimate of drug-likeness (QED) is 0.531. The number of rotatable bonds is 5. The Bertz CT molecular complexity index is 505. The van der Waals surface area contributed by atoms with Gasteiger partial charge in [-0.2, -0.15) is 18.2 Å². The first-order chi connectivity index (χ1) is 7.48. The number of nitrogens with two attached hydrogens (primary N) is 1. The number of hydrogen-bond acceptors (Lipinski definition) is 4. The van der Waals surface area contributed by atoms with E-state index in [1.165, 1.54) is 6.20 Å². The van der Waals surface area contributed by atoms with Crippen molar-refractivity contribution in [2.75, 3.05) is 4.72 Å². The van der Waals surface area contributed by atoms with E-state index in [9.17, 15) is 8.42 Å². The smallest absolute Gasteiger partial charge is 0.300 e. The Morgan fingerprint density at radius 1 is 1.62 bits per heavy atom. The maximum Gasteiger partial charge on any atom is 0.300 e. The van der Waals surface area contributed by atoms with Crippen LogP contribution in [-0.4, -0.2) is 29.6 Å². The monoisotopic (exact) mass is 261 g/mol. The number of nitrogens with zero attached hydrogens (tertiary/aromatic N) is 1. The molecule has 1 fully saturated rings. The van der Waals surface area contributed by atoms with E-state index >= 15 is 0 Å². The Labute approximate surface area is 98.0 Å². The van der Waals surface area contributed by atoms with Gasteiger partial charge in [0.2, 0.25) is 0 Å². The maximum atomic E-state index is 11.6. The molecule has 88 valence electrons. The summed E-state index contributed by atoms with van der Waals surface area (Å²) in [6.45, 7) is 0. The maximum absolute atomic E-state index is 11.6. The van der Waals surface area contributed by atoms with Crippen molar-refractivity contribution in [3.8, 4) is 0 Å². The SMILES string of the molecule is NC(=S)c1cn[nH]c1NS(=O)(=O)NC1CC1. The molecule has 16 heavy (non-hydrogen) atoms. The molecular weight excluding hydrogens is 250 g/mol. The van der Waals surface area contributed by atoms with E-state index in [-0.39, 0.29) is 16.8 Å². The normalized spacial score (nSPS) is 16.0. The molecule has 0 radical (unpaired) electrons. The number of thiocarbonyl (C=S) groups is 1. The fourth-order valence-electron chi connectivity index (χ4n) is 1.14. The van der Waals surface area contributed by atoms with Gasteiger partial charge in [0.25, 0.3) is 0 Å². The minimum absolute atomic E-state index is 0.0358. The van der Waals surface area contributed by atoms with Crippen LogP contribution in [0.15, 0.2) is 6.20 Å². The number of aromatic nitrogens is 2. The first kappa shape index (κ1) is 11.3. The van der Waals surface area contributed by atoms with Crippen LogP contribution in [0.4, 0.5) is 5.82 Å². The van der Waals surface area contributed by atoms with Crippen LogP contribution in [0.1, 0.15) is 18.4 Å². The largest absolute Gasteiger partial charge is 0.389 e. The summed E-state index contributed by atoms with van der Waals surface area (Å²) in [5, 5.41) is 6.16. The van der Waals surface area contributed by atoms with Crippen molar-refractivity contribution in [2.45, 2.75) is 18.9 Å². The van der Waals surface area contributed by atoms with Gasteiger partial charge in [-0.3, -0.25) is 9.82 Å². The van der Waals surface area contributed by atoms with Crippen molar-refractivity contribution < 1.29 is 8.42 Å². The predicted octanol–water partition coefficient (Wildman–Crippen LogP) is -0.547. The van der Waals surface area contributed by atoms with Gasteiger partial charge in [-0.25, -0.2) is 0 Å². The molecule has 0 amide bonds. The zero-order chi connectivity index (χ0) is 11.8. The Balaban J connectivity index is 2.13. The molecule has 0 bridgehead atoms. The first-order valence-electron chi connectivity index (χ1n) is 4.61. The van der Waals surface area contributed by atoms with Gasteiger partial charge in [0.15, 0.2) is 0 Å². The average Bonchev–Trinajstić information content (AvgIpc) is 2.80. The number of anilines is 1. The second-order valence-electron chi connectivity index (χ2n) is 3.52. The van der Waals surface area contributed by atoms with Crippen LogP contribution in [0.25, 0.3) is 0 Å². The molecule has 0 aliphatic heterocycles. The van der Waals surface area contributed by atoms with Gasteiger partial charge in [0, 0.05) is 6.04 Å². The third-order valence-corrected chi connectivity index (χ3v) is 3.38. The summed E-state index contributed by atoms with van der Waals surface area (Å²) >= 11 is 4.76. The van der Waals surface area contributed by atoms with Crippen LogP contribution >= 0.6 is 12.2 Å². The van der Waals surface area contributed by atoms with Gasteiger partial charge >= 0.3 is 10.2 Å². The lowest BCUT2D eigenvalue weighted by Crippen LogP contribution is -2.32. The van der Waals surface area contributed by atoms with Crippen molar-refractivity contribution in [2.24, 2.45) is 5.73 Å². The molecule has 7 nitrogen and oxygen atoms in total. The lowest BCUT2D eigenvalue weighted by atomic mass is 10.3. The number of nitrogens with one attached hydrogen (secondary N) is 3. The molecule has 1 saturated carbocycles. The lowest BCUT2D eigenvalue weighted by Gasteiger charge is -2.07. The van der Waals surface area contributed by atoms with E-state index < -0.39 is 10.2 Å². The van der Waals surface area contributed by atoms with Crippen LogP contribution < -0.4 is 15.2 Å². The van der Waals surface area contributed by atoms with Crippen molar-refractivity contribution >= 4 is 33.2 Å². The fourth-order valence-corrected chi connectivity index (χ4v) is 2.45. The van der Waals surface area contributed by atoms with Crippen molar-refractivity contribution in [3.05, 3.63) is 11.8 Å². The second kappa shape index (κ2) is 4.00. The molecule has 9 heteroatoms. The predicted molar refractivity (Wildman–Crippen MR) is 63.2 cm³/mol. The minimum Gasteiger partial charge on any atom is -0.389 e. The molecule has 1 aliphatic rings. The van der Waals surface area contributed by atoms with Gasteiger partial charge in [-0.1, -0.05) is 12.2 Å². The number of H-pyrrole nitrogens is 1. The van der Waals surface area contributed by atoms with Crippen LogP contribution in [0.5, 0.6) is 0 Å². The van der Waals surface area contributed by atoms with Gasteiger partial charge in [0.05, 0.1) is 11.8 Å². The van der Waals surface area contributed by atoms with Gasteiger partial charge in [-0.15, -0.1) is 0 Å². The molecule has 1 aliphatic carbocycles. The highest BCUT2D eigenvalue weighted by Gasteiger charge is 2.27. The van der Waals surface area contributed by atoms with Crippen LogP contribution in [0, 0.1) is 0 Å². The molecule has 0 atom stereocenters. The molecule has 5 N–H and O–H groups in total. The Hall–Kier alpha value is -1.19. The first-order valence-corrected chi connectivity index (χ1v) is 6.50. The summed E-state index contributed by atoms with van der Waals surface area (Å²) in [6, 6.07) is 0.0358. The van der Waals surface area contributed by atoms with Gasteiger partial charge in [0.1, 0.15) is 10.8 Å². The number of hydrogen-bond donors (Lipinski definition) is 4. The van der Waals surface area contributed by atoms with E-state index in [4.69, 9.17) is 18.0 Å². The summed E-state index contributed by atoms with van der Waals surface area (Å²) in [5.74, 6) is 0.181. The highest BCUT2D eigenvalue weighted by molar-refractivity contribution is 7.90. The van der Waals surface area contributed by atoms with Crippen molar-refractivity contribution in [1.82, 2.24) is 14.9 Å². The Kier molecular flexibility index (Phi) is 2.82. The summed E-state index contributed by atoms with van der Waals surface area (Å²) in [4.78, 5) is 0.0814. The third-order valence-electron chi connectivity index (χ3n) is 2.04. The summed E-state index contributed by atoms with van der Waals surface area (Å²) in [6.07, 6.45) is 3.11. The Morgan fingerprint density at radius 3 is 2.88 bits per heavy atom. The topological polar surface area (TPSA) is 113 Å². The molecule has 1 heterocycles. The molecule has 1 aromatic heterocycles. The second-order valence-corrected chi connectivity index (χ2v) is 5.41. The average molecular weight is 261 g/mol. The highest BCUT2D eigenvalue weighted by atomic mass is 32.2. The highest BCUT2D eigenvalue weighted by Crippen LogP contribution is 2.20. The molecular formula is C7H11N5O2S2. The van der Waals surface area contributed by atoms with Crippen LogP contribution in [0.2, 0.25) is 0 Å². The molecule has 0 saturated heterocycles. The van der Waals surface area contributed by atoms with E-state index in [1.54, 1.807) is 0 Å². The van der Waals surface area contributed by atoms with Crippen LogP contribution in [-0.2, 0) is 10.2 Å². The van der Waals surface area contributed by atoms with E-state index in [1.807, 2.05) is 0 Å². The van der Waals surface area contributed by atoms with Gasteiger partial charge in [-0.05, 0) is 12.8 Å². The van der Waals surface area contributed by atoms with E-state index in [0.717, 1.165) is 12.8 Å². The van der Waals surface area contributed by atoms with Gasteiger partial charge < -0.3 is 5.73 Å². The summed E-state index contributed by atoms with van der Waals surface area (Å²) in [7, 11) is -3.58. The molecule has 0 unspecified atom stereocenters. The molecule has 2 rings (SSSR count). The van der Waals surface area contributed by atoms with E-state index in [0.29, 0.717) is 5.56 Å². The molecule has 0 aromatic carbocycles. The standard InChI is InChI=1S/C7H11N5O2S2/c8-6(15)5-3-9-10-7(5)12-16(13,14)11-4-1-2-4/h3-4,11H,1-2H2,(H2,8,15)(H2,9,10,12). The van der Waals surface area contributed by atoms with E-state index in [2.05, 4.69) is 19.6 Å². The zero-order valence-corrected chi connectivity index (χ0v) is 9.86. The molecule has 1 aromatic rings. The fraction of sp³-hybridized carbons (Fsp3) is 0.429. The van der Waals surface area contributed by atoms with Crippen molar-refractivity contribution in [3.63, 3.8) is 0 Å². The summed E-state index contributed by atoms with van der Waals surface area (Å²) in [5.41, 5.74) is 5.78. The number of aromatic amines is 1. The molecule has 0 spiro atoms. The Morgan fingerprint density at radius 2 is 2.31 bits per heavy atom. The van der Waals surface area contributed by atoms with Crippen molar-refractivity contribution in [1.29, 1.82) is 0 Å². The van der Waals surface area contributed by atoms with Crippen LogP contribution in [0.3, 0.4) is 0 Å². The third kappa shape index (κ3) is 2.68. The zero-order valence-electron chi connectivity index (χ0n) is 8.23. The lowest BCUT2D eigenvalue weighted by molar-refractivity contribution is 0.586. The summed E-state index contributed by atoms with van der Waals surface area (Å²) < 4.78 is 27.9. The minimum atomic E-state index is -3.58.